The summed E-state index contributed by atoms with van der Waals surface area (Å²) in [4.78, 5) is 25.9. The van der Waals surface area contributed by atoms with E-state index >= 15 is 0 Å². The fourth-order valence-electron chi connectivity index (χ4n) is 1.31. The predicted molar refractivity (Wildman–Crippen MR) is 67.1 cm³/mol. The molecule has 0 radical (unpaired) electrons. The van der Waals surface area contributed by atoms with Gasteiger partial charge in [-0.05, 0) is 0 Å². The van der Waals surface area contributed by atoms with E-state index in [0.717, 1.165) is 7.11 Å². The average Bonchev–Trinajstić information content (AvgIpc) is 2.42. The van der Waals surface area contributed by atoms with Crippen LogP contribution in [0.2, 0.25) is 0 Å². The van der Waals surface area contributed by atoms with Gasteiger partial charge in [-0.15, -0.1) is 0 Å². The Morgan fingerprint density at radius 2 is 1.91 bits per heavy atom. The molecule has 0 atom stereocenters. The molecule has 0 saturated heterocycles. The number of halogens is 3. The third-order valence-electron chi connectivity index (χ3n) is 2.38. The molecular formula is C11H10F3NO7S. The molecule has 1 aromatic heterocycles. The zero-order valence-electron chi connectivity index (χ0n) is 11.5. The molecule has 1 aromatic rings. The smallest absolute Gasteiger partial charge is 0.505 e. The number of alkyl halides is 3. The molecule has 0 aliphatic carbocycles. The van der Waals surface area contributed by atoms with Crippen LogP contribution in [0.5, 0.6) is 11.5 Å². The van der Waals surface area contributed by atoms with Crippen molar-refractivity contribution in [2.75, 3.05) is 7.11 Å². The summed E-state index contributed by atoms with van der Waals surface area (Å²) in [7, 11) is -4.82. The first-order valence-electron chi connectivity index (χ1n) is 5.77. The number of carbonyl (C=O) groups is 2. The SMILES string of the molecule is COC(=O)CCC(=O)c1ncc(OS(=O)(=O)C(F)(F)F)cc1O. The molecule has 128 valence electrons. The lowest BCUT2D eigenvalue weighted by Crippen LogP contribution is -2.28. The summed E-state index contributed by atoms with van der Waals surface area (Å²) in [5.74, 6) is -3.30. The quantitative estimate of drug-likeness (QED) is 0.348. The minimum atomic E-state index is -5.92. The van der Waals surface area contributed by atoms with Crippen molar-refractivity contribution in [3.8, 4) is 11.5 Å². The molecule has 12 heteroatoms. The zero-order chi connectivity index (χ0) is 17.8. The van der Waals surface area contributed by atoms with Crippen molar-refractivity contribution in [2.24, 2.45) is 0 Å². The molecule has 8 nitrogen and oxygen atoms in total. The van der Waals surface area contributed by atoms with E-state index in [1.807, 2.05) is 0 Å². The highest BCUT2D eigenvalue weighted by Gasteiger charge is 2.48. The maximum atomic E-state index is 12.1. The number of hydrogen-bond donors (Lipinski definition) is 1. The van der Waals surface area contributed by atoms with Crippen LogP contribution < -0.4 is 4.18 Å². The lowest BCUT2D eigenvalue weighted by Gasteiger charge is -2.10. The summed E-state index contributed by atoms with van der Waals surface area (Å²) in [6.07, 6.45) is -0.139. The number of carbonyl (C=O) groups excluding carboxylic acids is 2. The number of Topliss-reactive ketones (excluding diaryl/α,β-unsaturated/α-hetero) is 1. The first-order valence-corrected chi connectivity index (χ1v) is 7.18. The largest absolute Gasteiger partial charge is 0.534 e. The standard InChI is InChI=1S/C11H10F3NO7S/c1-21-9(18)3-2-7(16)10-8(17)4-6(5-15-10)22-23(19,20)11(12,13)14/h4-5,17H,2-3H2,1H3. The first kappa shape index (κ1) is 18.7. The lowest BCUT2D eigenvalue weighted by molar-refractivity contribution is -0.140. The van der Waals surface area contributed by atoms with Gasteiger partial charge in [0.1, 0.15) is 11.4 Å². The molecule has 0 unspecified atom stereocenters. The number of aromatic nitrogens is 1. The van der Waals surface area contributed by atoms with Gasteiger partial charge < -0.3 is 14.0 Å². The lowest BCUT2D eigenvalue weighted by atomic mass is 10.1. The van der Waals surface area contributed by atoms with Crippen LogP contribution >= 0.6 is 0 Å². The summed E-state index contributed by atoms with van der Waals surface area (Å²) in [6, 6.07) is 0.488. The maximum Gasteiger partial charge on any atom is 0.534 e. The van der Waals surface area contributed by atoms with Gasteiger partial charge in [0.05, 0.1) is 19.7 Å². The third kappa shape index (κ3) is 4.81. The summed E-state index contributed by atoms with van der Waals surface area (Å²) in [5, 5.41) is 9.53. The highest BCUT2D eigenvalue weighted by molar-refractivity contribution is 7.88. The van der Waals surface area contributed by atoms with E-state index < -0.39 is 44.6 Å². The Hall–Kier alpha value is -2.37. The molecule has 1 N–H and O–H groups in total. The van der Waals surface area contributed by atoms with Crippen LogP contribution in [-0.2, 0) is 19.6 Å². The molecule has 0 amide bonds. The first-order chi connectivity index (χ1) is 10.5. The molecule has 23 heavy (non-hydrogen) atoms. The number of aromatic hydroxyl groups is 1. The molecule has 0 aliphatic rings. The molecule has 0 aromatic carbocycles. The van der Waals surface area contributed by atoms with E-state index in [1.165, 1.54) is 0 Å². The number of nitrogens with zero attached hydrogens (tertiary/aromatic N) is 1. The van der Waals surface area contributed by atoms with Gasteiger partial charge in [0, 0.05) is 12.5 Å². The second-order valence-electron chi connectivity index (χ2n) is 4.02. The van der Waals surface area contributed by atoms with Crippen LogP contribution in [0.15, 0.2) is 12.3 Å². The monoisotopic (exact) mass is 357 g/mol. The number of hydrogen-bond acceptors (Lipinski definition) is 8. The Bertz CT molecular complexity index is 715. The Balaban J connectivity index is 2.91. The van der Waals surface area contributed by atoms with Gasteiger partial charge in [0.25, 0.3) is 0 Å². The Kier molecular flexibility index (Phi) is 5.53. The van der Waals surface area contributed by atoms with Crippen LogP contribution in [0, 0.1) is 0 Å². The van der Waals surface area contributed by atoms with Crippen LogP contribution in [0.25, 0.3) is 0 Å². The van der Waals surface area contributed by atoms with Crippen molar-refractivity contribution in [2.45, 2.75) is 18.3 Å². The summed E-state index contributed by atoms with van der Waals surface area (Å²) in [5.41, 5.74) is -6.21. The fraction of sp³-hybridized carbons (Fsp3) is 0.364. The number of ketones is 1. The van der Waals surface area contributed by atoms with Gasteiger partial charge in [0.15, 0.2) is 11.5 Å². The average molecular weight is 357 g/mol. The number of pyridine rings is 1. The second kappa shape index (κ2) is 6.81. The Labute approximate surface area is 128 Å². The minimum absolute atomic E-state index is 0.294. The Morgan fingerprint density at radius 1 is 1.30 bits per heavy atom. The van der Waals surface area contributed by atoms with E-state index in [-0.39, 0.29) is 12.8 Å². The molecule has 0 saturated carbocycles. The van der Waals surface area contributed by atoms with Crippen molar-refractivity contribution in [1.82, 2.24) is 4.98 Å². The van der Waals surface area contributed by atoms with Crippen molar-refractivity contribution in [1.29, 1.82) is 0 Å². The normalized spacial score (nSPS) is 11.8. The fourth-order valence-corrected chi connectivity index (χ4v) is 1.74. The van der Waals surface area contributed by atoms with E-state index in [2.05, 4.69) is 13.9 Å². The van der Waals surface area contributed by atoms with E-state index in [0.29, 0.717) is 12.3 Å². The summed E-state index contributed by atoms with van der Waals surface area (Å²) >= 11 is 0. The molecule has 0 fully saturated rings. The van der Waals surface area contributed by atoms with E-state index in [9.17, 15) is 36.3 Å². The van der Waals surface area contributed by atoms with Gasteiger partial charge >= 0.3 is 21.6 Å². The van der Waals surface area contributed by atoms with Crippen LogP contribution in [-0.4, -0.2) is 42.9 Å². The molecule has 1 rings (SSSR count). The highest BCUT2D eigenvalue weighted by atomic mass is 32.2. The molecule has 0 aliphatic heterocycles. The molecule has 1 heterocycles. The zero-order valence-corrected chi connectivity index (χ0v) is 12.3. The number of methoxy groups -OCH3 is 1. The molecule has 0 bridgehead atoms. The summed E-state index contributed by atoms with van der Waals surface area (Å²) in [6.45, 7) is 0. The predicted octanol–water partition coefficient (Wildman–Crippen LogP) is 1.15. The van der Waals surface area contributed by atoms with Gasteiger partial charge in [-0.3, -0.25) is 9.59 Å². The van der Waals surface area contributed by atoms with Gasteiger partial charge in [-0.2, -0.15) is 21.6 Å². The van der Waals surface area contributed by atoms with Crippen molar-refractivity contribution < 1.29 is 45.2 Å². The van der Waals surface area contributed by atoms with Gasteiger partial charge in [-0.1, -0.05) is 0 Å². The van der Waals surface area contributed by atoms with E-state index in [1.54, 1.807) is 0 Å². The molecular weight excluding hydrogens is 347 g/mol. The maximum absolute atomic E-state index is 12.1. The number of ether oxygens (including phenoxy) is 1. The van der Waals surface area contributed by atoms with E-state index in [4.69, 9.17) is 0 Å². The third-order valence-corrected chi connectivity index (χ3v) is 3.36. The van der Waals surface area contributed by atoms with Gasteiger partial charge in [0.2, 0.25) is 0 Å². The number of esters is 1. The summed E-state index contributed by atoms with van der Waals surface area (Å²) < 4.78 is 66.0. The van der Waals surface area contributed by atoms with Crippen LogP contribution in [0.3, 0.4) is 0 Å². The van der Waals surface area contributed by atoms with Crippen molar-refractivity contribution in [3.63, 3.8) is 0 Å². The highest BCUT2D eigenvalue weighted by Crippen LogP contribution is 2.29. The van der Waals surface area contributed by atoms with Crippen molar-refractivity contribution in [3.05, 3.63) is 18.0 Å². The second-order valence-corrected chi connectivity index (χ2v) is 5.56. The van der Waals surface area contributed by atoms with Gasteiger partial charge in [-0.25, -0.2) is 4.98 Å². The topological polar surface area (TPSA) is 120 Å². The minimum Gasteiger partial charge on any atom is -0.505 e. The molecule has 0 spiro atoms. The van der Waals surface area contributed by atoms with Crippen LogP contribution in [0.1, 0.15) is 23.3 Å². The number of rotatable bonds is 6. The van der Waals surface area contributed by atoms with Crippen molar-refractivity contribution >= 4 is 21.9 Å². The Morgan fingerprint density at radius 3 is 2.39 bits per heavy atom. The van der Waals surface area contributed by atoms with Crippen LogP contribution in [0.4, 0.5) is 13.2 Å².